The Bertz CT molecular complexity index is 1590. The Labute approximate surface area is 212 Å². The number of anilines is 2. The number of hydrogen-bond acceptors (Lipinski definition) is 10. The molecule has 2 bridgehead atoms. The maximum absolute atomic E-state index is 6.19. The minimum absolute atomic E-state index is 0.123. The highest BCUT2D eigenvalue weighted by atomic mass is 16.5. The summed E-state index contributed by atoms with van der Waals surface area (Å²) in [7, 11) is 0. The molecule has 2 saturated heterocycles. The van der Waals surface area contributed by atoms with E-state index in [1.165, 1.54) is 25.5 Å². The van der Waals surface area contributed by atoms with E-state index in [1.807, 2.05) is 43.5 Å². The summed E-state index contributed by atoms with van der Waals surface area (Å²) in [6.07, 6.45) is 11.0. The van der Waals surface area contributed by atoms with Gasteiger partial charge in [0.05, 0.1) is 6.20 Å². The van der Waals surface area contributed by atoms with Gasteiger partial charge in [-0.2, -0.15) is 10.1 Å². The van der Waals surface area contributed by atoms with Crippen molar-refractivity contribution in [2.24, 2.45) is 0 Å². The van der Waals surface area contributed by atoms with Crippen molar-refractivity contribution < 1.29 is 9.47 Å². The standard InChI is InChI=1S/C26H25N9O2/c1-15-8-16(4-5-22(15)36-19-6-7-35-23(11-19)29-14-31-35)33-25-24-21(28-13-30-25)12-27-26(34-24)37-20-9-17-2-3-18(10-20)32-17/h4-8,11-14,17-18,20,32H,2-3,9-10H2,1H3,(H,28,30,33)/t17-,18+,20?. The topological polar surface area (TPSA) is 124 Å². The first-order valence-electron chi connectivity index (χ1n) is 12.4. The average molecular weight is 496 g/mol. The molecule has 0 radical (unpaired) electrons. The Morgan fingerprint density at radius 2 is 1.89 bits per heavy atom. The van der Waals surface area contributed by atoms with Crippen molar-refractivity contribution in [3.63, 3.8) is 0 Å². The van der Waals surface area contributed by atoms with Gasteiger partial charge >= 0.3 is 6.01 Å². The molecule has 0 spiro atoms. The molecule has 5 aromatic rings. The highest BCUT2D eigenvalue weighted by Crippen LogP contribution is 2.31. The first kappa shape index (κ1) is 21.9. The lowest BCUT2D eigenvalue weighted by molar-refractivity contribution is 0.126. The molecule has 2 fully saturated rings. The maximum Gasteiger partial charge on any atom is 0.317 e. The predicted molar refractivity (Wildman–Crippen MR) is 136 cm³/mol. The number of nitrogens with zero attached hydrogens (tertiary/aromatic N) is 7. The highest BCUT2D eigenvalue weighted by molar-refractivity contribution is 5.86. The van der Waals surface area contributed by atoms with Gasteiger partial charge in [0.1, 0.15) is 41.3 Å². The summed E-state index contributed by atoms with van der Waals surface area (Å²) in [6, 6.07) is 11.0. The van der Waals surface area contributed by atoms with Crippen LogP contribution in [0.2, 0.25) is 0 Å². The van der Waals surface area contributed by atoms with Crippen molar-refractivity contribution in [1.82, 2.24) is 39.9 Å². The first-order chi connectivity index (χ1) is 18.2. The van der Waals surface area contributed by atoms with Crippen LogP contribution in [0.15, 0.2) is 55.4 Å². The molecule has 11 heteroatoms. The van der Waals surface area contributed by atoms with Crippen molar-refractivity contribution in [3.8, 4) is 17.5 Å². The number of piperidine rings is 1. The Balaban J connectivity index is 1.10. The second-order valence-corrected chi connectivity index (χ2v) is 9.59. The second kappa shape index (κ2) is 8.93. The van der Waals surface area contributed by atoms with Crippen molar-refractivity contribution in [2.45, 2.75) is 50.8 Å². The third-order valence-corrected chi connectivity index (χ3v) is 6.97. The fourth-order valence-electron chi connectivity index (χ4n) is 5.20. The van der Waals surface area contributed by atoms with Gasteiger partial charge in [-0.3, -0.25) is 0 Å². The van der Waals surface area contributed by atoms with Gasteiger partial charge in [-0.25, -0.2) is 24.5 Å². The van der Waals surface area contributed by atoms with Gasteiger partial charge in [0.2, 0.25) is 0 Å². The summed E-state index contributed by atoms with van der Waals surface area (Å²) in [5.74, 6) is 2.03. The molecule has 2 aliphatic rings. The number of hydrogen-bond donors (Lipinski definition) is 2. The number of nitrogens with one attached hydrogen (secondary N) is 2. The van der Waals surface area contributed by atoms with Crippen LogP contribution in [0.25, 0.3) is 16.7 Å². The van der Waals surface area contributed by atoms with E-state index in [0.717, 1.165) is 35.5 Å². The van der Waals surface area contributed by atoms with Crippen molar-refractivity contribution >= 4 is 28.2 Å². The van der Waals surface area contributed by atoms with Crippen LogP contribution in [0.3, 0.4) is 0 Å². The molecule has 0 aliphatic carbocycles. The fraction of sp³-hybridized carbons (Fsp3) is 0.308. The summed E-state index contributed by atoms with van der Waals surface area (Å²) in [5.41, 5.74) is 3.80. The van der Waals surface area contributed by atoms with Gasteiger partial charge in [-0.05, 0) is 62.4 Å². The molecular weight excluding hydrogens is 470 g/mol. The minimum atomic E-state index is 0.123. The first-order valence-corrected chi connectivity index (χ1v) is 12.4. The van der Waals surface area contributed by atoms with Gasteiger partial charge in [-0.1, -0.05) is 0 Å². The number of fused-ring (bicyclic) bond motifs is 4. The Morgan fingerprint density at radius 1 is 1.00 bits per heavy atom. The number of benzene rings is 1. The summed E-state index contributed by atoms with van der Waals surface area (Å²) in [6.45, 7) is 1.99. The maximum atomic E-state index is 6.19. The molecule has 186 valence electrons. The molecule has 0 saturated carbocycles. The van der Waals surface area contributed by atoms with Gasteiger partial charge in [0.25, 0.3) is 0 Å². The summed E-state index contributed by atoms with van der Waals surface area (Å²) in [4.78, 5) is 22.1. The molecule has 7 rings (SSSR count). The molecule has 4 aromatic heterocycles. The Kier molecular flexibility index (Phi) is 5.28. The van der Waals surface area contributed by atoms with E-state index in [0.29, 0.717) is 40.7 Å². The van der Waals surface area contributed by atoms with Crippen molar-refractivity contribution in [3.05, 3.63) is 60.9 Å². The normalized spacial score (nSPS) is 20.8. The molecular formula is C26H25N9O2. The SMILES string of the molecule is Cc1cc(Nc2ncnc3cnc(OC4C[C@H]5CC[C@@H](C4)N5)nc23)ccc1Oc1ccn2ncnc2c1. The molecule has 3 atom stereocenters. The molecule has 2 N–H and O–H groups in total. The van der Waals surface area contributed by atoms with Crippen LogP contribution in [0.4, 0.5) is 11.5 Å². The van der Waals surface area contributed by atoms with Crippen molar-refractivity contribution in [1.29, 1.82) is 0 Å². The van der Waals surface area contributed by atoms with Crippen molar-refractivity contribution in [2.75, 3.05) is 5.32 Å². The Morgan fingerprint density at radius 3 is 2.76 bits per heavy atom. The van der Waals surface area contributed by atoms with E-state index in [2.05, 4.69) is 40.7 Å². The smallest absolute Gasteiger partial charge is 0.317 e. The van der Waals surface area contributed by atoms with Crippen LogP contribution >= 0.6 is 0 Å². The van der Waals surface area contributed by atoms with Gasteiger partial charge < -0.3 is 20.1 Å². The zero-order chi connectivity index (χ0) is 24.8. The zero-order valence-electron chi connectivity index (χ0n) is 20.2. The fourth-order valence-corrected chi connectivity index (χ4v) is 5.20. The number of pyridine rings is 1. The number of aryl methyl sites for hydroxylation is 1. The minimum Gasteiger partial charge on any atom is -0.460 e. The van der Waals surface area contributed by atoms with Crippen LogP contribution in [0, 0.1) is 6.92 Å². The van der Waals surface area contributed by atoms with E-state index in [9.17, 15) is 0 Å². The highest BCUT2D eigenvalue weighted by Gasteiger charge is 2.34. The molecule has 11 nitrogen and oxygen atoms in total. The summed E-state index contributed by atoms with van der Waals surface area (Å²) < 4.78 is 14.0. The molecule has 0 amide bonds. The van der Waals surface area contributed by atoms with Gasteiger partial charge in [0.15, 0.2) is 11.5 Å². The Hall–Kier alpha value is -4.38. The van der Waals surface area contributed by atoms with Gasteiger partial charge in [-0.15, -0.1) is 0 Å². The lowest BCUT2D eigenvalue weighted by Gasteiger charge is -2.28. The summed E-state index contributed by atoms with van der Waals surface area (Å²) in [5, 5.41) is 11.1. The third-order valence-electron chi connectivity index (χ3n) is 6.97. The van der Waals surface area contributed by atoms with E-state index in [1.54, 1.807) is 10.7 Å². The lowest BCUT2D eigenvalue weighted by atomic mass is 10.0. The molecule has 6 heterocycles. The second-order valence-electron chi connectivity index (χ2n) is 9.59. The number of aromatic nitrogens is 7. The molecule has 2 aliphatic heterocycles. The van der Waals surface area contributed by atoms with E-state index in [-0.39, 0.29) is 6.10 Å². The lowest BCUT2D eigenvalue weighted by Crippen LogP contribution is -2.42. The van der Waals surface area contributed by atoms with Crippen LogP contribution in [-0.2, 0) is 0 Å². The molecule has 37 heavy (non-hydrogen) atoms. The number of rotatable bonds is 6. The monoisotopic (exact) mass is 495 g/mol. The van der Waals surface area contributed by atoms with E-state index >= 15 is 0 Å². The third kappa shape index (κ3) is 4.38. The largest absolute Gasteiger partial charge is 0.460 e. The quantitative estimate of drug-likeness (QED) is 0.357. The van der Waals surface area contributed by atoms with E-state index < -0.39 is 0 Å². The molecule has 1 unspecified atom stereocenters. The van der Waals surface area contributed by atoms with Gasteiger partial charge in [0, 0.05) is 30.0 Å². The average Bonchev–Trinajstić information content (AvgIpc) is 3.51. The zero-order valence-corrected chi connectivity index (χ0v) is 20.2. The van der Waals surface area contributed by atoms with Crippen LogP contribution in [0.1, 0.15) is 31.2 Å². The van der Waals surface area contributed by atoms with E-state index in [4.69, 9.17) is 9.47 Å². The van der Waals surface area contributed by atoms with Crippen LogP contribution < -0.4 is 20.1 Å². The summed E-state index contributed by atoms with van der Waals surface area (Å²) >= 11 is 0. The number of ether oxygens (including phenoxy) is 2. The van der Waals surface area contributed by atoms with Crippen LogP contribution in [-0.4, -0.2) is 52.7 Å². The molecule has 1 aromatic carbocycles. The van der Waals surface area contributed by atoms with Crippen LogP contribution in [0.5, 0.6) is 17.5 Å². The predicted octanol–water partition coefficient (Wildman–Crippen LogP) is 3.97.